The van der Waals surface area contributed by atoms with E-state index in [1.54, 1.807) is 0 Å². The van der Waals surface area contributed by atoms with Crippen molar-refractivity contribution in [2.24, 2.45) is 5.14 Å². The molecule has 0 aromatic heterocycles. The number of rotatable bonds is 7. The van der Waals surface area contributed by atoms with E-state index in [-0.39, 0.29) is 11.5 Å². The number of nitrogen functional groups attached to an aromatic ring is 1. The van der Waals surface area contributed by atoms with Crippen molar-refractivity contribution in [1.29, 1.82) is 0 Å². The minimum Gasteiger partial charge on any atom is -0.397 e. The van der Waals surface area contributed by atoms with Crippen molar-refractivity contribution in [3.63, 3.8) is 0 Å². The van der Waals surface area contributed by atoms with Gasteiger partial charge in [0.25, 0.3) is 0 Å². The molecule has 5 N–H and O–H groups in total. The van der Waals surface area contributed by atoms with E-state index in [1.807, 2.05) is 4.90 Å². The van der Waals surface area contributed by atoms with Crippen LogP contribution in [0, 0.1) is 0 Å². The summed E-state index contributed by atoms with van der Waals surface area (Å²) in [4.78, 5) is 1.89. The van der Waals surface area contributed by atoms with E-state index in [9.17, 15) is 8.42 Å². The number of anilines is 2. The summed E-state index contributed by atoms with van der Waals surface area (Å²) in [6, 6.07) is 4.35. The van der Waals surface area contributed by atoms with Crippen molar-refractivity contribution in [1.82, 2.24) is 0 Å². The van der Waals surface area contributed by atoms with E-state index in [4.69, 9.17) is 16.0 Å². The molecule has 0 aliphatic heterocycles. The average Bonchev–Trinajstić information content (AvgIpc) is 2.34. The maximum atomic E-state index is 11.4. The summed E-state index contributed by atoms with van der Waals surface area (Å²) in [5.41, 5.74) is 6.94. The Labute approximate surface area is 114 Å². The number of benzene rings is 1. The summed E-state index contributed by atoms with van der Waals surface area (Å²) in [7, 11) is -3.76. The lowest BCUT2D eigenvalue weighted by Crippen LogP contribution is -2.29. The second-order valence-corrected chi connectivity index (χ2v) is 5.89. The van der Waals surface area contributed by atoms with Crippen LogP contribution in [-0.2, 0) is 10.0 Å². The molecule has 0 aliphatic carbocycles. The number of hydrogen-bond donors (Lipinski definition) is 3. The SMILES string of the molecule is CCCCN(CCO)c1cc(S(N)(=O)=O)ccc1N. The maximum Gasteiger partial charge on any atom is 0.238 e. The number of primary sulfonamides is 1. The van der Waals surface area contributed by atoms with Crippen LogP contribution in [0.3, 0.4) is 0 Å². The molecule has 0 amide bonds. The van der Waals surface area contributed by atoms with Gasteiger partial charge in [-0.05, 0) is 24.6 Å². The molecule has 1 rings (SSSR count). The fraction of sp³-hybridized carbons (Fsp3) is 0.500. The third-order valence-corrected chi connectivity index (χ3v) is 3.73. The van der Waals surface area contributed by atoms with Gasteiger partial charge < -0.3 is 15.7 Å². The Kier molecular flexibility index (Phi) is 5.59. The molecule has 7 heteroatoms. The first kappa shape index (κ1) is 15.7. The number of sulfonamides is 1. The van der Waals surface area contributed by atoms with Gasteiger partial charge in [-0.3, -0.25) is 0 Å². The predicted molar refractivity (Wildman–Crippen MR) is 76.4 cm³/mol. The van der Waals surface area contributed by atoms with E-state index < -0.39 is 10.0 Å². The van der Waals surface area contributed by atoms with Crippen LogP contribution in [0.1, 0.15) is 19.8 Å². The van der Waals surface area contributed by atoms with E-state index in [2.05, 4.69) is 6.92 Å². The molecule has 0 aliphatic rings. The lowest BCUT2D eigenvalue weighted by atomic mass is 10.2. The van der Waals surface area contributed by atoms with Gasteiger partial charge in [0.2, 0.25) is 10.0 Å². The molecule has 0 fully saturated rings. The summed E-state index contributed by atoms with van der Waals surface area (Å²) in [5, 5.41) is 14.2. The number of hydrogen-bond acceptors (Lipinski definition) is 5. The van der Waals surface area contributed by atoms with Crippen molar-refractivity contribution < 1.29 is 13.5 Å². The van der Waals surface area contributed by atoms with E-state index >= 15 is 0 Å². The second-order valence-electron chi connectivity index (χ2n) is 4.33. The Bertz CT molecular complexity index is 517. The van der Waals surface area contributed by atoms with Crippen LogP contribution < -0.4 is 15.8 Å². The van der Waals surface area contributed by atoms with Gasteiger partial charge in [0.05, 0.1) is 22.9 Å². The zero-order valence-electron chi connectivity index (χ0n) is 11.0. The molecule has 0 atom stereocenters. The highest BCUT2D eigenvalue weighted by Crippen LogP contribution is 2.26. The molecule has 6 nitrogen and oxygen atoms in total. The van der Waals surface area contributed by atoms with Gasteiger partial charge in [0.15, 0.2) is 0 Å². The summed E-state index contributed by atoms with van der Waals surface area (Å²) in [6.07, 6.45) is 1.93. The molecule has 1 aromatic carbocycles. The second kappa shape index (κ2) is 6.74. The first-order valence-corrected chi connectivity index (χ1v) is 7.73. The molecular formula is C12H21N3O3S. The minimum atomic E-state index is -3.76. The Morgan fingerprint density at radius 2 is 2.00 bits per heavy atom. The summed E-state index contributed by atoms with van der Waals surface area (Å²) in [5.74, 6) is 0. The Balaban J connectivity index is 3.13. The highest BCUT2D eigenvalue weighted by atomic mass is 32.2. The van der Waals surface area contributed by atoms with Crippen molar-refractivity contribution in [2.45, 2.75) is 24.7 Å². The van der Waals surface area contributed by atoms with Crippen molar-refractivity contribution in [2.75, 3.05) is 30.3 Å². The maximum absolute atomic E-state index is 11.4. The number of aliphatic hydroxyl groups is 1. The molecule has 0 spiro atoms. The third kappa shape index (κ3) is 4.38. The number of aliphatic hydroxyl groups excluding tert-OH is 1. The molecule has 0 radical (unpaired) electrons. The summed E-state index contributed by atoms with van der Waals surface area (Å²) in [6.45, 7) is 3.14. The fourth-order valence-corrected chi connectivity index (χ4v) is 2.33. The standard InChI is InChI=1S/C12H21N3O3S/c1-2-3-6-15(7-8-16)12-9-10(19(14,17)18)4-5-11(12)13/h4-5,9,16H,2-3,6-8,13H2,1H3,(H2,14,17,18). The van der Waals surface area contributed by atoms with Crippen LogP contribution in [0.5, 0.6) is 0 Å². The highest BCUT2D eigenvalue weighted by molar-refractivity contribution is 7.89. The number of unbranched alkanes of at least 4 members (excludes halogenated alkanes) is 1. The Morgan fingerprint density at radius 1 is 1.32 bits per heavy atom. The van der Waals surface area contributed by atoms with Crippen LogP contribution in [-0.4, -0.2) is 33.2 Å². The van der Waals surface area contributed by atoms with Gasteiger partial charge in [0, 0.05) is 13.1 Å². The topological polar surface area (TPSA) is 110 Å². The van der Waals surface area contributed by atoms with Crippen LogP contribution in [0.2, 0.25) is 0 Å². The van der Waals surface area contributed by atoms with Gasteiger partial charge in [-0.2, -0.15) is 0 Å². The monoisotopic (exact) mass is 287 g/mol. The molecule has 0 heterocycles. The van der Waals surface area contributed by atoms with Crippen LogP contribution >= 0.6 is 0 Å². The van der Waals surface area contributed by atoms with Gasteiger partial charge in [0.1, 0.15) is 0 Å². The van der Waals surface area contributed by atoms with Gasteiger partial charge in [-0.1, -0.05) is 13.3 Å². The summed E-state index contributed by atoms with van der Waals surface area (Å²) >= 11 is 0. The van der Waals surface area contributed by atoms with E-state index in [0.717, 1.165) is 12.8 Å². The predicted octanol–water partition coefficient (Wildman–Crippen LogP) is 0.515. The molecule has 0 saturated heterocycles. The molecule has 19 heavy (non-hydrogen) atoms. The van der Waals surface area contributed by atoms with Gasteiger partial charge in [-0.25, -0.2) is 13.6 Å². The summed E-state index contributed by atoms with van der Waals surface area (Å²) < 4.78 is 22.7. The van der Waals surface area contributed by atoms with E-state index in [0.29, 0.717) is 24.5 Å². The lowest BCUT2D eigenvalue weighted by Gasteiger charge is -2.25. The Morgan fingerprint density at radius 3 is 2.53 bits per heavy atom. The average molecular weight is 287 g/mol. The van der Waals surface area contributed by atoms with Crippen molar-refractivity contribution in [3.05, 3.63) is 18.2 Å². The first-order chi connectivity index (χ1) is 8.90. The number of nitrogens with zero attached hydrogens (tertiary/aromatic N) is 1. The zero-order valence-corrected chi connectivity index (χ0v) is 11.9. The van der Waals surface area contributed by atoms with Crippen molar-refractivity contribution >= 4 is 21.4 Å². The van der Waals surface area contributed by atoms with Gasteiger partial charge in [-0.15, -0.1) is 0 Å². The minimum absolute atomic E-state index is 0.0242. The van der Waals surface area contributed by atoms with Crippen LogP contribution in [0.25, 0.3) is 0 Å². The number of nitrogens with two attached hydrogens (primary N) is 2. The third-order valence-electron chi connectivity index (χ3n) is 2.82. The molecule has 0 saturated carbocycles. The molecular weight excluding hydrogens is 266 g/mol. The molecule has 0 unspecified atom stereocenters. The van der Waals surface area contributed by atoms with E-state index in [1.165, 1.54) is 18.2 Å². The normalized spacial score (nSPS) is 11.5. The lowest BCUT2D eigenvalue weighted by molar-refractivity contribution is 0.301. The van der Waals surface area contributed by atoms with Crippen LogP contribution in [0.4, 0.5) is 11.4 Å². The van der Waals surface area contributed by atoms with Crippen LogP contribution in [0.15, 0.2) is 23.1 Å². The highest BCUT2D eigenvalue weighted by Gasteiger charge is 2.14. The first-order valence-electron chi connectivity index (χ1n) is 6.18. The van der Waals surface area contributed by atoms with Gasteiger partial charge >= 0.3 is 0 Å². The van der Waals surface area contributed by atoms with Crippen molar-refractivity contribution in [3.8, 4) is 0 Å². The zero-order chi connectivity index (χ0) is 14.5. The smallest absolute Gasteiger partial charge is 0.238 e. The largest absolute Gasteiger partial charge is 0.397 e. The molecule has 108 valence electrons. The fourth-order valence-electron chi connectivity index (χ4n) is 1.80. The Hall–Kier alpha value is -1.31. The molecule has 1 aromatic rings. The quantitative estimate of drug-likeness (QED) is 0.633. The molecule has 0 bridgehead atoms.